The number of hydrogen-bond acceptors (Lipinski definition) is 5. The van der Waals surface area contributed by atoms with Crippen LogP contribution in [0.3, 0.4) is 0 Å². The van der Waals surface area contributed by atoms with Crippen LogP contribution >= 0.6 is 0 Å². The first-order chi connectivity index (χ1) is 8.13. The van der Waals surface area contributed by atoms with E-state index in [1.165, 1.54) is 0 Å². The van der Waals surface area contributed by atoms with E-state index in [1.807, 2.05) is 0 Å². The lowest BCUT2D eigenvalue weighted by Gasteiger charge is -2.02. The Morgan fingerprint density at radius 2 is 2.24 bits per heavy atom. The zero-order valence-corrected chi connectivity index (χ0v) is 9.52. The molecular weight excluding hydrogens is 222 g/mol. The molecule has 1 aromatic carbocycles. The van der Waals surface area contributed by atoms with E-state index in [2.05, 4.69) is 4.98 Å². The summed E-state index contributed by atoms with van der Waals surface area (Å²) in [4.78, 5) is 27.1. The van der Waals surface area contributed by atoms with Crippen LogP contribution in [0.2, 0.25) is 0 Å². The molecule has 5 nitrogen and oxygen atoms in total. The number of esters is 1. The first-order valence-corrected chi connectivity index (χ1v) is 5.21. The Balaban J connectivity index is 2.65. The van der Waals surface area contributed by atoms with Gasteiger partial charge in [0, 0.05) is 0 Å². The molecule has 2 rings (SSSR count). The molecule has 5 heteroatoms. The molecule has 0 radical (unpaired) electrons. The summed E-state index contributed by atoms with van der Waals surface area (Å²) in [5, 5.41) is 0.389. The molecule has 0 fully saturated rings. The molecule has 17 heavy (non-hydrogen) atoms. The molecule has 88 valence electrons. The van der Waals surface area contributed by atoms with Gasteiger partial charge < -0.3 is 9.15 Å². The molecule has 0 N–H and O–H groups in total. The molecule has 0 spiro atoms. The van der Waals surface area contributed by atoms with Crippen molar-refractivity contribution >= 4 is 16.9 Å². The van der Waals surface area contributed by atoms with Crippen LogP contribution in [0.5, 0.6) is 0 Å². The fraction of sp³-hybridized carbons (Fsp3) is 0.250. The Kier molecular flexibility index (Phi) is 2.91. The van der Waals surface area contributed by atoms with Gasteiger partial charge in [-0.2, -0.15) is 0 Å². The number of fused-ring (bicyclic) bond motifs is 1. The predicted octanol–water partition coefficient (Wildman–Crippen LogP) is 1.67. The van der Waals surface area contributed by atoms with E-state index in [-0.39, 0.29) is 12.5 Å². The van der Waals surface area contributed by atoms with Crippen molar-refractivity contribution in [2.75, 3.05) is 6.61 Å². The number of rotatable bonds is 2. The molecule has 0 unspecified atom stereocenters. The van der Waals surface area contributed by atoms with Gasteiger partial charge in [-0.1, -0.05) is 12.1 Å². The zero-order chi connectivity index (χ0) is 12.4. The van der Waals surface area contributed by atoms with Gasteiger partial charge in [-0.05, 0) is 25.5 Å². The fourth-order valence-electron chi connectivity index (χ4n) is 1.56. The van der Waals surface area contributed by atoms with E-state index < -0.39 is 11.6 Å². The zero-order valence-electron chi connectivity index (χ0n) is 9.52. The molecular formula is C12H11NO4. The van der Waals surface area contributed by atoms with Crippen molar-refractivity contribution < 1.29 is 13.9 Å². The number of ether oxygens (including phenoxy) is 1. The highest BCUT2D eigenvalue weighted by Gasteiger charge is 2.15. The summed E-state index contributed by atoms with van der Waals surface area (Å²) in [5.41, 5.74) is 0.625. The summed E-state index contributed by atoms with van der Waals surface area (Å²) in [7, 11) is 0. The molecule has 1 heterocycles. The average molecular weight is 233 g/mol. The second kappa shape index (κ2) is 4.37. The molecule has 0 bridgehead atoms. The Bertz CT molecular complexity index is 630. The fourth-order valence-corrected chi connectivity index (χ4v) is 1.56. The summed E-state index contributed by atoms with van der Waals surface area (Å²) in [6, 6.07) is 5.20. The highest BCUT2D eigenvalue weighted by molar-refractivity contribution is 5.88. The molecule has 2 aromatic rings. The topological polar surface area (TPSA) is 69.4 Å². The maximum absolute atomic E-state index is 11.7. The Labute approximate surface area is 97.0 Å². The molecule has 0 aliphatic carbocycles. The highest BCUT2D eigenvalue weighted by Crippen LogP contribution is 2.12. The highest BCUT2D eigenvalue weighted by atomic mass is 16.5. The van der Waals surface area contributed by atoms with Crippen molar-refractivity contribution in [1.29, 1.82) is 0 Å². The third kappa shape index (κ3) is 2.04. The van der Waals surface area contributed by atoms with Gasteiger partial charge in [0.15, 0.2) is 0 Å². The molecule has 0 atom stereocenters. The van der Waals surface area contributed by atoms with Crippen molar-refractivity contribution in [2.45, 2.75) is 13.8 Å². The SMILES string of the molecule is CCOC(=O)c1nc2cccc(C)c2c(=O)o1. The van der Waals surface area contributed by atoms with E-state index in [0.29, 0.717) is 10.9 Å². The van der Waals surface area contributed by atoms with Gasteiger partial charge in [-0.3, -0.25) is 0 Å². The number of carbonyl (C=O) groups is 1. The maximum atomic E-state index is 11.7. The smallest absolute Gasteiger partial charge is 0.394 e. The van der Waals surface area contributed by atoms with Gasteiger partial charge in [0.25, 0.3) is 0 Å². The van der Waals surface area contributed by atoms with E-state index >= 15 is 0 Å². The number of aromatic nitrogens is 1. The normalized spacial score (nSPS) is 10.5. The lowest BCUT2D eigenvalue weighted by Crippen LogP contribution is -2.13. The van der Waals surface area contributed by atoms with Gasteiger partial charge in [0.05, 0.1) is 17.5 Å². The maximum Gasteiger partial charge on any atom is 0.394 e. The third-order valence-electron chi connectivity index (χ3n) is 2.32. The van der Waals surface area contributed by atoms with Crippen molar-refractivity contribution in [3.63, 3.8) is 0 Å². The van der Waals surface area contributed by atoms with Crippen LogP contribution in [-0.2, 0) is 4.74 Å². The molecule has 1 aromatic heterocycles. The second-order valence-corrected chi connectivity index (χ2v) is 3.50. The summed E-state index contributed by atoms with van der Waals surface area (Å²) >= 11 is 0. The minimum absolute atomic E-state index is 0.204. The molecule has 0 saturated heterocycles. The summed E-state index contributed by atoms with van der Waals surface area (Å²) < 4.78 is 9.57. The standard InChI is InChI=1S/C12H11NO4/c1-3-16-12(15)10-13-8-6-4-5-7(2)9(8)11(14)17-10/h4-6H,3H2,1-2H3. The van der Waals surface area contributed by atoms with Crippen LogP contribution < -0.4 is 5.63 Å². The quantitative estimate of drug-likeness (QED) is 0.738. The molecule has 0 saturated carbocycles. The van der Waals surface area contributed by atoms with Gasteiger partial charge in [-0.15, -0.1) is 0 Å². The number of carbonyl (C=O) groups excluding carboxylic acids is 1. The number of nitrogens with zero attached hydrogens (tertiary/aromatic N) is 1. The minimum atomic E-state index is -0.729. The van der Waals surface area contributed by atoms with Crippen LogP contribution in [0.15, 0.2) is 27.4 Å². The van der Waals surface area contributed by atoms with Gasteiger partial charge in [0.1, 0.15) is 0 Å². The van der Waals surface area contributed by atoms with E-state index in [0.717, 1.165) is 5.56 Å². The van der Waals surface area contributed by atoms with E-state index in [9.17, 15) is 9.59 Å². The van der Waals surface area contributed by atoms with Gasteiger partial charge in [-0.25, -0.2) is 14.6 Å². The average Bonchev–Trinajstić information content (AvgIpc) is 2.29. The Morgan fingerprint density at radius 1 is 1.47 bits per heavy atom. The summed E-state index contributed by atoms with van der Waals surface area (Å²) in [6.07, 6.45) is 0. The van der Waals surface area contributed by atoms with Gasteiger partial charge >= 0.3 is 17.5 Å². The number of aryl methyl sites for hydroxylation is 1. The van der Waals surface area contributed by atoms with Crippen molar-refractivity contribution in [3.8, 4) is 0 Å². The van der Waals surface area contributed by atoms with Gasteiger partial charge in [0.2, 0.25) is 0 Å². The molecule has 0 aliphatic heterocycles. The van der Waals surface area contributed by atoms with Crippen molar-refractivity contribution in [1.82, 2.24) is 4.98 Å². The van der Waals surface area contributed by atoms with Crippen LogP contribution in [-0.4, -0.2) is 17.6 Å². The molecule has 0 amide bonds. The summed E-state index contributed by atoms with van der Waals surface area (Å²) in [5.74, 6) is -1.04. The van der Waals surface area contributed by atoms with Crippen LogP contribution in [0.1, 0.15) is 23.2 Å². The number of hydrogen-bond donors (Lipinski definition) is 0. The lowest BCUT2D eigenvalue weighted by atomic mass is 10.1. The minimum Gasteiger partial charge on any atom is -0.459 e. The van der Waals surface area contributed by atoms with E-state index in [1.54, 1.807) is 32.0 Å². The number of benzene rings is 1. The van der Waals surface area contributed by atoms with E-state index in [4.69, 9.17) is 9.15 Å². The monoisotopic (exact) mass is 233 g/mol. The predicted molar refractivity (Wildman–Crippen MR) is 61.0 cm³/mol. The van der Waals surface area contributed by atoms with Crippen LogP contribution in [0.4, 0.5) is 0 Å². The Morgan fingerprint density at radius 3 is 2.94 bits per heavy atom. The van der Waals surface area contributed by atoms with Crippen LogP contribution in [0.25, 0.3) is 10.9 Å². The van der Waals surface area contributed by atoms with Crippen LogP contribution in [0, 0.1) is 6.92 Å². The first kappa shape index (κ1) is 11.3. The lowest BCUT2D eigenvalue weighted by molar-refractivity contribution is 0.0474. The summed E-state index contributed by atoms with van der Waals surface area (Å²) in [6.45, 7) is 3.66. The van der Waals surface area contributed by atoms with Crippen molar-refractivity contribution in [2.24, 2.45) is 0 Å². The third-order valence-corrected chi connectivity index (χ3v) is 2.32. The Hall–Kier alpha value is -2.17. The van der Waals surface area contributed by atoms with Crippen molar-refractivity contribution in [3.05, 3.63) is 40.1 Å². The molecule has 0 aliphatic rings. The largest absolute Gasteiger partial charge is 0.459 e. The second-order valence-electron chi connectivity index (χ2n) is 3.50. The first-order valence-electron chi connectivity index (χ1n) is 5.21.